The van der Waals surface area contributed by atoms with E-state index in [4.69, 9.17) is 26.1 Å². The molecule has 7 nitrogen and oxygen atoms in total. The Kier molecular flexibility index (Phi) is 5.30. The third kappa shape index (κ3) is 3.35. The number of esters is 1. The predicted octanol–water partition coefficient (Wildman–Crippen LogP) is 3.94. The summed E-state index contributed by atoms with van der Waals surface area (Å²) in [6.45, 7) is 3.65. The third-order valence-corrected chi connectivity index (χ3v) is 5.50. The van der Waals surface area contributed by atoms with Crippen LogP contribution in [0.1, 0.15) is 35.7 Å². The highest BCUT2D eigenvalue weighted by atomic mass is 35.5. The van der Waals surface area contributed by atoms with E-state index in [1.165, 1.54) is 7.11 Å². The van der Waals surface area contributed by atoms with E-state index in [1.54, 1.807) is 14.0 Å². The van der Waals surface area contributed by atoms with Gasteiger partial charge in [0.05, 0.1) is 31.5 Å². The predicted molar refractivity (Wildman–Crippen MR) is 114 cm³/mol. The van der Waals surface area contributed by atoms with Crippen LogP contribution in [0.15, 0.2) is 47.5 Å². The van der Waals surface area contributed by atoms with Gasteiger partial charge >= 0.3 is 5.97 Å². The van der Waals surface area contributed by atoms with E-state index in [2.05, 4.69) is 10.2 Å². The number of nitrogens with zero attached hydrogens (tertiary/aromatic N) is 4. The van der Waals surface area contributed by atoms with Crippen LogP contribution in [0.4, 0.5) is 0 Å². The minimum absolute atomic E-state index is 0.366. The molecule has 0 saturated heterocycles. The molecule has 0 saturated carbocycles. The maximum atomic E-state index is 12.4. The second-order valence-corrected chi connectivity index (χ2v) is 7.50. The van der Waals surface area contributed by atoms with Crippen molar-refractivity contribution in [2.24, 2.45) is 10.9 Å². The fourth-order valence-corrected chi connectivity index (χ4v) is 3.77. The summed E-state index contributed by atoms with van der Waals surface area (Å²) in [5.41, 5.74) is 3.32. The Hall–Kier alpha value is -3.19. The Morgan fingerprint density at radius 1 is 1.13 bits per heavy atom. The minimum Gasteiger partial charge on any atom is -0.497 e. The van der Waals surface area contributed by atoms with E-state index in [0.717, 1.165) is 22.5 Å². The van der Waals surface area contributed by atoms with Crippen LogP contribution in [0.2, 0.25) is 5.02 Å². The van der Waals surface area contributed by atoms with Gasteiger partial charge in [-0.1, -0.05) is 23.7 Å². The third-order valence-electron chi connectivity index (χ3n) is 5.25. The molecule has 0 radical (unpaired) electrons. The second kappa shape index (κ2) is 7.91. The van der Waals surface area contributed by atoms with E-state index in [-0.39, 0.29) is 5.97 Å². The smallest absolute Gasteiger partial charge is 0.311 e. The molecular weight excluding hydrogens is 404 g/mol. The molecule has 4 rings (SSSR count). The molecule has 3 aromatic rings. The number of rotatable bonds is 4. The lowest BCUT2D eigenvalue weighted by Crippen LogP contribution is -2.22. The molecule has 0 spiro atoms. The van der Waals surface area contributed by atoms with E-state index in [0.29, 0.717) is 22.4 Å². The quantitative estimate of drug-likeness (QED) is 0.593. The molecule has 1 aliphatic heterocycles. The molecule has 0 fully saturated rings. The summed E-state index contributed by atoms with van der Waals surface area (Å²) < 4.78 is 12.4. The molecule has 30 heavy (non-hydrogen) atoms. The highest BCUT2D eigenvalue weighted by Crippen LogP contribution is 2.36. The van der Waals surface area contributed by atoms with Crippen LogP contribution in [0, 0.1) is 12.8 Å². The number of hydrogen-bond donors (Lipinski definition) is 0. The number of halogens is 1. The molecule has 0 amide bonds. The Bertz CT molecular complexity index is 1140. The topological polar surface area (TPSA) is 78.6 Å². The van der Waals surface area contributed by atoms with Gasteiger partial charge in [-0.15, -0.1) is 10.2 Å². The molecule has 1 aliphatic rings. The van der Waals surface area contributed by atoms with Gasteiger partial charge in [-0.3, -0.25) is 14.4 Å². The summed E-state index contributed by atoms with van der Waals surface area (Å²) in [6, 6.07) is 12.6. The summed E-state index contributed by atoms with van der Waals surface area (Å²) in [4.78, 5) is 17.4. The number of aryl methyl sites for hydroxylation is 1. The number of ether oxygens (including phenoxy) is 2. The molecule has 154 valence electrons. The van der Waals surface area contributed by atoms with Gasteiger partial charge in [-0.25, -0.2) is 0 Å². The van der Waals surface area contributed by atoms with Crippen LogP contribution in [-0.4, -0.2) is 40.7 Å². The van der Waals surface area contributed by atoms with Gasteiger partial charge in [0.1, 0.15) is 17.6 Å². The first-order valence-corrected chi connectivity index (χ1v) is 9.84. The normalized spacial score (nSPS) is 16.0. The van der Waals surface area contributed by atoms with E-state index >= 15 is 0 Å². The van der Waals surface area contributed by atoms with Gasteiger partial charge < -0.3 is 9.47 Å². The van der Waals surface area contributed by atoms with E-state index < -0.39 is 12.0 Å². The number of aliphatic imine (C=N–C) groups is 1. The first-order valence-electron chi connectivity index (χ1n) is 9.47. The van der Waals surface area contributed by atoms with Crippen molar-refractivity contribution in [1.82, 2.24) is 14.8 Å². The molecule has 0 aliphatic carbocycles. The molecular formula is C22H21ClN4O3. The Balaban J connectivity index is 2.02. The van der Waals surface area contributed by atoms with Crippen molar-refractivity contribution < 1.29 is 14.3 Å². The van der Waals surface area contributed by atoms with Gasteiger partial charge in [0.25, 0.3) is 0 Å². The first kappa shape index (κ1) is 20.1. The fraction of sp³-hybridized carbons (Fsp3) is 0.273. The van der Waals surface area contributed by atoms with Crippen molar-refractivity contribution >= 4 is 23.3 Å². The molecule has 1 aromatic heterocycles. The highest BCUT2D eigenvalue weighted by Gasteiger charge is 2.35. The number of fused-ring (bicyclic) bond motifs is 3. The lowest BCUT2D eigenvalue weighted by Gasteiger charge is -2.17. The molecule has 2 aromatic carbocycles. The zero-order valence-corrected chi connectivity index (χ0v) is 17.8. The minimum atomic E-state index is -0.581. The molecule has 2 heterocycles. The van der Waals surface area contributed by atoms with Crippen LogP contribution >= 0.6 is 11.6 Å². The lowest BCUT2D eigenvalue weighted by atomic mass is 9.99. The van der Waals surface area contributed by atoms with Crippen molar-refractivity contribution in [3.63, 3.8) is 0 Å². The van der Waals surface area contributed by atoms with Crippen molar-refractivity contribution in [1.29, 1.82) is 0 Å². The van der Waals surface area contributed by atoms with E-state index in [9.17, 15) is 4.79 Å². The maximum absolute atomic E-state index is 12.4. The van der Waals surface area contributed by atoms with Crippen molar-refractivity contribution in [2.45, 2.75) is 19.9 Å². The molecule has 0 N–H and O–H groups in total. The molecule has 2 atom stereocenters. The molecule has 2 unspecified atom stereocenters. The van der Waals surface area contributed by atoms with Gasteiger partial charge in [-0.2, -0.15) is 0 Å². The van der Waals surface area contributed by atoms with Crippen molar-refractivity contribution in [3.05, 3.63) is 70.3 Å². The molecule has 8 heteroatoms. The number of hydrogen-bond acceptors (Lipinski definition) is 6. The second-order valence-electron chi connectivity index (χ2n) is 7.07. The SMILES string of the molecule is COC(=O)C(C)C1N=C(c2ccc(Cl)cc2)c2ccc(OC)cc2-n2c(C)nnc21. The number of carbonyl (C=O) groups is 1. The summed E-state index contributed by atoms with van der Waals surface area (Å²) in [5, 5.41) is 9.26. The average Bonchev–Trinajstić information content (AvgIpc) is 3.07. The maximum Gasteiger partial charge on any atom is 0.311 e. The summed E-state index contributed by atoms with van der Waals surface area (Å²) in [5.74, 6) is 1.03. The summed E-state index contributed by atoms with van der Waals surface area (Å²) in [6.07, 6.45) is 0. The van der Waals surface area contributed by atoms with Crippen LogP contribution in [-0.2, 0) is 9.53 Å². The van der Waals surface area contributed by atoms with Crippen molar-refractivity contribution in [3.8, 4) is 11.4 Å². The molecule has 0 bridgehead atoms. The van der Waals surface area contributed by atoms with Crippen LogP contribution in [0.5, 0.6) is 5.75 Å². The van der Waals surface area contributed by atoms with Gasteiger partial charge in [-0.05, 0) is 38.1 Å². The Morgan fingerprint density at radius 2 is 1.87 bits per heavy atom. The Morgan fingerprint density at radius 3 is 2.53 bits per heavy atom. The number of benzene rings is 2. The van der Waals surface area contributed by atoms with Gasteiger partial charge in [0.2, 0.25) is 0 Å². The van der Waals surface area contributed by atoms with Crippen LogP contribution < -0.4 is 4.74 Å². The average molecular weight is 425 g/mol. The number of aromatic nitrogens is 3. The zero-order valence-electron chi connectivity index (χ0n) is 17.1. The summed E-state index contributed by atoms with van der Waals surface area (Å²) in [7, 11) is 2.99. The summed E-state index contributed by atoms with van der Waals surface area (Å²) >= 11 is 6.10. The lowest BCUT2D eigenvalue weighted by molar-refractivity contribution is -0.145. The zero-order chi connectivity index (χ0) is 21.4. The monoisotopic (exact) mass is 424 g/mol. The standard InChI is InChI=1S/C22H21ClN4O3/c1-12(22(28)30-4)19-21-26-25-13(2)27(21)18-11-16(29-3)9-10-17(18)20(24-19)14-5-7-15(23)8-6-14/h5-12,19H,1-4H3. The number of carbonyl (C=O) groups excluding carboxylic acids is 1. The fourth-order valence-electron chi connectivity index (χ4n) is 3.65. The van der Waals surface area contributed by atoms with Gasteiger partial charge in [0.15, 0.2) is 5.82 Å². The number of methoxy groups -OCH3 is 2. The van der Waals surface area contributed by atoms with Crippen LogP contribution in [0.25, 0.3) is 5.69 Å². The van der Waals surface area contributed by atoms with Crippen LogP contribution in [0.3, 0.4) is 0 Å². The Labute approximate surface area is 179 Å². The largest absolute Gasteiger partial charge is 0.497 e. The van der Waals surface area contributed by atoms with Crippen molar-refractivity contribution in [2.75, 3.05) is 14.2 Å². The van der Waals surface area contributed by atoms with Gasteiger partial charge in [0, 0.05) is 22.2 Å². The van der Waals surface area contributed by atoms with E-state index in [1.807, 2.05) is 54.0 Å². The first-order chi connectivity index (χ1) is 14.4. The highest BCUT2D eigenvalue weighted by molar-refractivity contribution is 6.30.